The number of nitrogens with two attached hydrogens (primary N) is 1. The molecule has 1 atom stereocenters. The van der Waals surface area contributed by atoms with Crippen molar-refractivity contribution >= 4 is 11.7 Å². The standard InChI is InChI=1S/C13H20N2O3/c1-13(14,12(16)17-4)9-18-11-7-5-6-10(8-11)15(2)3/h5-8H,9,14H2,1-4H3. The molecule has 1 rings (SSSR count). The van der Waals surface area contributed by atoms with Crippen LogP contribution in [0.4, 0.5) is 5.69 Å². The molecule has 1 aromatic rings. The van der Waals surface area contributed by atoms with Crippen LogP contribution in [0, 0.1) is 0 Å². The van der Waals surface area contributed by atoms with E-state index in [4.69, 9.17) is 10.5 Å². The Hall–Kier alpha value is -1.75. The van der Waals surface area contributed by atoms with Crippen LogP contribution in [-0.4, -0.2) is 39.3 Å². The number of carbonyl (C=O) groups excluding carboxylic acids is 1. The van der Waals surface area contributed by atoms with Crippen molar-refractivity contribution in [2.45, 2.75) is 12.5 Å². The van der Waals surface area contributed by atoms with E-state index < -0.39 is 11.5 Å². The van der Waals surface area contributed by atoms with E-state index in [0.717, 1.165) is 5.69 Å². The van der Waals surface area contributed by atoms with E-state index in [0.29, 0.717) is 5.75 Å². The minimum Gasteiger partial charge on any atom is -0.491 e. The van der Waals surface area contributed by atoms with Crippen LogP contribution in [0.1, 0.15) is 6.92 Å². The number of esters is 1. The maximum Gasteiger partial charge on any atom is 0.329 e. The van der Waals surface area contributed by atoms with Gasteiger partial charge in [0.2, 0.25) is 0 Å². The van der Waals surface area contributed by atoms with Crippen LogP contribution in [0.25, 0.3) is 0 Å². The molecule has 0 saturated carbocycles. The van der Waals surface area contributed by atoms with Crippen molar-refractivity contribution in [3.63, 3.8) is 0 Å². The summed E-state index contributed by atoms with van der Waals surface area (Å²) < 4.78 is 10.1. The fourth-order valence-corrected chi connectivity index (χ4v) is 1.38. The van der Waals surface area contributed by atoms with Crippen LogP contribution in [0.3, 0.4) is 0 Å². The van der Waals surface area contributed by atoms with E-state index in [1.807, 2.05) is 43.3 Å². The van der Waals surface area contributed by atoms with Crippen LogP contribution < -0.4 is 15.4 Å². The van der Waals surface area contributed by atoms with Crippen molar-refractivity contribution in [2.24, 2.45) is 5.73 Å². The van der Waals surface area contributed by atoms with E-state index in [1.54, 1.807) is 6.92 Å². The molecule has 0 aliphatic carbocycles. The van der Waals surface area contributed by atoms with Gasteiger partial charge >= 0.3 is 5.97 Å². The first-order valence-corrected chi connectivity index (χ1v) is 5.64. The maximum atomic E-state index is 11.4. The van der Waals surface area contributed by atoms with E-state index in [1.165, 1.54) is 7.11 Å². The molecular formula is C13H20N2O3. The lowest BCUT2D eigenvalue weighted by Crippen LogP contribution is -2.50. The third-order valence-corrected chi connectivity index (χ3v) is 2.52. The van der Waals surface area contributed by atoms with Gasteiger partial charge in [0, 0.05) is 25.8 Å². The van der Waals surface area contributed by atoms with Crippen molar-refractivity contribution in [3.8, 4) is 5.75 Å². The lowest BCUT2D eigenvalue weighted by atomic mass is 10.1. The number of benzene rings is 1. The SMILES string of the molecule is COC(=O)C(C)(N)COc1cccc(N(C)C)c1. The average molecular weight is 252 g/mol. The zero-order valence-electron chi connectivity index (χ0n) is 11.3. The molecule has 0 aliphatic heterocycles. The Kier molecular flexibility index (Phi) is 4.55. The number of hydrogen-bond donors (Lipinski definition) is 1. The van der Waals surface area contributed by atoms with Crippen LogP contribution in [0.2, 0.25) is 0 Å². The van der Waals surface area contributed by atoms with Gasteiger partial charge in [-0.1, -0.05) is 6.07 Å². The minimum absolute atomic E-state index is 0.0660. The monoisotopic (exact) mass is 252 g/mol. The predicted molar refractivity (Wildman–Crippen MR) is 70.9 cm³/mol. The van der Waals surface area contributed by atoms with E-state index in [-0.39, 0.29) is 6.61 Å². The summed E-state index contributed by atoms with van der Waals surface area (Å²) in [7, 11) is 5.20. The van der Waals surface area contributed by atoms with Crippen molar-refractivity contribution in [3.05, 3.63) is 24.3 Å². The molecule has 0 aromatic heterocycles. The zero-order valence-corrected chi connectivity index (χ0v) is 11.3. The van der Waals surface area contributed by atoms with Gasteiger partial charge in [0.05, 0.1) is 7.11 Å². The molecular weight excluding hydrogens is 232 g/mol. The largest absolute Gasteiger partial charge is 0.491 e. The summed E-state index contributed by atoms with van der Waals surface area (Å²) in [6.07, 6.45) is 0. The summed E-state index contributed by atoms with van der Waals surface area (Å²) in [4.78, 5) is 13.4. The third kappa shape index (κ3) is 3.63. The molecule has 0 bridgehead atoms. The van der Waals surface area contributed by atoms with Crippen molar-refractivity contribution in [1.29, 1.82) is 0 Å². The number of carbonyl (C=O) groups is 1. The normalized spacial score (nSPS) is 13.6. The zero-order chi connectivity index (χ0) is 13.8. The van der Waals surface area contributed by atoms with Gasteiger partial charge in [-0.25, -0.2) is 4.79 Å². The molecule has 0 fully saturated rings. The highest BCUT2D eigenvalue weighted by Crippen LogP contribution is 2.20. The summed E-state index contributed by atoms with van der Waals surface area (Å²) in [6, 6.07) is 7.55. The number of anilines is 1. The summed E-state index contributed by atoms with van der Waals surface area (Å²) in [5.41, 5.74) is 5.67. The lowest BCUT2D eigenvalue weighted by Gasteiger charge is -2.22. The molecule has 18 heavy (non-hydrogen) atoms. The number of ether oxygens (including phenoxy) is 2. The van der Waals surface area contributed by atoms with Crippen LogP contribution in [0.15, 0.2) is 24.3 Å². The summed E-state index contributed by atoms with van der Waals surface area (Å²) in [6.45, 7) is 1.64. The topological polar surface area (TPSA) is 64.8 Å². The van der Waals surface area contributed by atoms with Gasteiger partial charge in [-0.05, 0) is 19.1 Å². The molecule has 5 nitrogen and oxygen atoms in total. The number of rotatable bonds is 5. The van der Waals surface area contributed by atoms with E-state index in [2.05, 4.69) is 4.74 Å². The molecule has 0 amide bonds. The fourth-order valence-electron chi connectivity index (χ4n) is 1.38. The molecule has 1 aromatic carbocycles. The molecule has 2 N–H and O–H groups in total. The highest BCUT2D eigenvalue weighted by atomic mass is 16.5. The number of nitrogens with zero attached hydrogens (tertiary/aromatic N) is 1. The fraction of sp³-hybridized carbons (Fsp3) is 0.462. The first-order valence-electron chi connectivity index (χ1n) is 5.64. The molecule has 1 unspecified atom stereocenters. The van der Waals surface area contributed by atoms with Gasteiger partial charge in [0.25, 0.3) is 0 Å². The number of hydrogen-bond acceptors (Lipinski definition) is 5. The smallest absolute Gasteiger partial charge is 0.329 e. The Morgan fingerprint density at radius 1 is 1.44 bits per heavy atom. The Morgan fingerprint density at radius 3 is 2.67 bits per heavy atom. The van der Waals surface area contributed by atoms with Gasteiger partial charge in [-0.3, -0.25) is 0 Å². The Morgan fingerprint density at radius 2 is 2.11 bits per heavy atom. The van der Waals surface area contributed by atoms with Gasteiger partial charge in [-0.15, -0.1) is 0 Å². The molecule has 5 heteroatoms. The highest BCUT2D eigenvalue weighted by Gasteiger charge is 2.30. The molecule has 100 valence electrons. The molecule has 0 heterocycles. The summed E-state index contributed by atoms with van der Waals surface area (Å²) >= 11 is 0. The van der Waals surface area contributed by atoms with Crippen molar-refractivity contribution in [1.82, 2.24) is 0 Å². The maximum absolute atomic E-state index is 11.4. The van der Waals surface area contributed by atoms with Gasteiger partial charge in [0.1, 0.15) is 17.9 Å². The molecule has 0 radical (unpaired) electrons. The average Bonchev–Trinajstić information content (AvgIpc) is 2.35. The first kappa shape index (κ1) is 14.3. The Labute approximate surface area is 107 Å². The molecule has 0 aliphatic rings. The second-order valence-electron chi connectivity index (χ2n) is 4.59. The van der Waals surface area contributed by atoms with Gasteiger partial charge in [0.15, 0.2) is 0 Å². The van der Waals surface area contributed by atoms with E-state index in [9.17, 15) is 4.79 Å². The minimum atomic E-state index is -1.15. The quantitative estimate of drug-likeness (QED) is 0.793. The number of methoxy groups -OCH3 is 1. The van der Waals surface area contributed by atoms with Gasteiger partial charge in [-0.2, -0.15) is 0 Å². The van der Waals surface area contributed by atoms with Crippen LogP contribution in [-0.2, 0) is 9.53 Å². The predicted octanol–water partition coefficient (Wildman–Crippen LogP) is 1.02. The Bertz CT molecular complexity index is 416. The Balaban J connectivity index is 2.69. The second kappa shape index (κ2) is 5.73. The highest BCUT2D eigenvalue weighted by molar-refractivity contribution is 5.80. The molecule has 0 saturated heterocycles. The summed E-state index contributed by atoms with van der Waals surface area (Å²) in [5.74, 6) is 0.174. The second-order valence-corrected chi connectivity index (χ2v) is 4.59. The van der Waals surface area contributed by atoms with E-state index >= 15 is 0 Å². The molecule has 0 spiro atoms. The van der Waals surface area contributed by atoms with Crippen molar-refractivity contribution in [2.75, 3.05) is 32.7 Å². The first-order chi connectivity index (χ1) is 8.36. The van der Waals surface area contributed by atoms with Crippen LogP contribution in [0.5, 0.6) is 5.75 Å². The summed E-state index contributed by atoms with van der Waals surface area (Å²) in [5, 5.41) is 0. The van der Waals surface area contributed by atoms with Gasteiger partial charge < -0.3 is 20.1 Å². The van der Waals surface area contributed by atoms with Crippen molar-refractivity contribution < 1.29 is 14.3 Å². The van der Waals surface area contributed by atoms with Crippen LogP contribution >= 0.6 is 0 Å². The lowest BCUT2D eigenvalue weighted by molar-refractivity contribution is -0.147. The third-order valence-electron chi connectivity index (χ3n) is 2.52.